The first-order valence-electron chi connectivity index (χ1n) is 5.81. The third-order valence-corrected chi connectivity index (χ3v) is 3.48. The van der Waals surface area contributed by atoms with E-state index >= 15 is 0 Å². The third-order valence-electron chi connectivity index (χ3n) is 2.99. The van der Waals surface area contributed by atoms with E-state index in [2.05, 4.69) is 20.9 Å². The molecule has 0 radical (unpaired) electrons. The molecule has 2 nitrogen and oxygen atoms in total. The van der Waals surface area contributed by atoms with Crippen molar-refractivity contribution in [1.82, 2.24) is 4.98 Å². The lowest BCUT2D eigenvalue weighted by Crippen LogP contribution is -2.12. The highest BCUT2D eigenvalue weighted by Crippen LogP contribution is 2.23. The maximum Gasteiger partial charge on any atom is 0.171 e. The number of Topliss-reactive ketones (excluding diaryl/α,β-unsaturated/α-hetero) is 1. The second-order valence-corrected chi connectivity index (χ2v) is 5.22. The van der Waals surface area contributed by atoms with Gasteiger partial charge in [0.25, 0.3) is 0 Å². The molecular formula is C15H14BrNO. The van der Waals surface area contributed by atoms with Gasteiger partial charge in [-0.3, -0.25) is 9.78 Å². The summed E-state index contributed by atoms with van der Waals surface area (Å²) in [7, 11) is 0. The topological polar surface area (TPSA) is 30.0 Å². The summed E-state index contributed by atoms with van der Waals surface area (Å²) in [5.41, 5.74) is 2.55. The quantitative estimate of drug-likeness (QED) is 0.798. The van der Waals surface area contributed by atoms with E-state index < -0.39 is 0 Å². The van der Waals surface area contributed by atoms with E-state index in [1.165, 1.54) is 0 Å². The Bertz CT molecular complexity index is 566. The zero-order valence-electron chi connectivity index (χ0n) is 10.4. The van der Waals surface area contributed by atoms with Crippen LogP contribution in [0.25, 0.3) is 0 Å². The molecule has 1 aromatic heterocycles. The molecule has 0 aliphatic rings. The number of pyridine rings is 1. The van der Waals surface area contributed by atoms with E-state index in [0.717, 1.165) is 21.3 Å². The van der Waals surface area contributed by atoms with Crippen LogP contribution in [0.5, 0.6) is 0 Å². The first kappa shape index (κ1) is 13.0. The van der Waals surface area contributed by atoms with Gasteiger partial charge in [-0.1, -0.05) is 28.1 Å². The first-order valence-corrected chi connectivity index (χ1v) is 6.60. The van der Waals surface area contributed by atoms with Crippen LogP contribution in [0.4, 0.5) is 0 Å². The molecule has 3 heteroatoms. The van der Waals surface area contributed by atoms with Crippen LogP contribution in [0.3, 0.4) is 0 Å². The minimum absolute atomic E-state index is 0.104. The van der Waals surface area contributed by atoms with Gasteiger partial charge >= 0.3 is 0 Å². The molecule has 1 heterocycles. The molecule has 0 aliphatic carbocycles. The average Bonchev–Trinajstić information content (AvgIpc) is 2.41. The fourth-order valence-electron chi connectivity index (χ4n) is 1.86. The Morgan fingerprint density at radius 3 is 2.72 bits per heavy atom. The van der Waals surface area contributed by atoms with Gasteiger partial charge in [0.15, 0.2) is 5.78 Å². The van der Waals surface area contributed by atoms with Crippen LogP contribution in [0.1, 0.15) is 34.5 Å². The predicted molar refractivity (Wildman–Crippen MR) is 75.9 cm³/mol. The second-order valence-electron chi connectivity index (χ2n) is 4.30. The summed E-state index contributed by atoms with van der Waals surface area (Å²) in [5, 5.41) is 0. The maximum atomic E-state index is 12.5. The number of ketones is 1. The van der Waals surface area contributed by atoms with Crippen molar-refractivity contribution in [3.8, 4) is 0 Å². The summed E-state index contributed by atoms with van der Waals surface area (Å²) in [5.74, 6) is -0.119. The minimum Gasteiger partial charge on any atom is -0.293 e. The number of benzene rings is 1. The van der Waals surface area contributed by atoms with Crippen molar-refractivity contribution < 1.29 is 4.79 Å². The van der Waals surface area contributed by atoms with Crippen LogP contribution in [-0.4, -0.2) is 10.8 Å². The molecule has 0 saturated carbocycles. The van der Waals surface area contributed by atoms with E-state index in [1.54, 1.807) is 6.20 Å². The fourth-order valence-corrected chi connectivity index (χ4v) is 2.22. The molecule has 0 spiro atoms. The molecule has 0 amide bonds. The summed E-state index contributed by atoms with van der Waals surface area (Å²) in [4.78, 5) is 16.7. The van der Waals surface area contributed by atoms with Crippen LogP contribution in [0.2, 0.25) is 0 Å². The smallest absolute Gasteiger partial charge is 0.171 e. The SMILES string of the molecule is Cc1ccc(Br)cc1C(=O)C(C)c1ccccn1. The Hall–Kier alpha value is -1.48. The molecule has 2 aromatic rings. The molecule has 2 rings (SSSR count). The van der Waals surface area contributed by atoms with E-state index in [1.807, 2.05) is 50.2 Å². The number of aryl methyl sites for hydroxylation is 1. The highest BCUT2D eigenvalue weighted by molar-refractivity contribution is 9.10. The van der Waals surface area contributed by atoms with Crippen molar-refractivity contribution in [3.05, 3.63) is 63.9 Å². The number of carbonyl (C=O) groups is 1. The second kappa shape index (κ2) is 5.44. The van der Waals surface area contributed by atoms with E-state index in [4.69, 9.17) is 0 Å². The van der Waals surface area contributed by atoms with Gasteiger partial charge in [-0.25, -0.2) is 0 Å². The van der Waals surface area contributed by atoms with Crippen LogP contribution in [0.15, 0.2) is 47.1 Å². The zero-order chi connectivity index (χ0) is 13.1. The molecule has 0 N–H and O–H groups in total. The predicted octanol–water partition coefficient (Wildman–Crippen LogP) is 4.14. The normalized spacial score (nSPS) is 12.2. The third kappa shape index (κ3) is 2.67. The summed E-state index contributed by atoms with van der Waals surface area (Å²) in [6, 6.07) is 11.4. The highest BCUT2D eigenvalue weighted by atomic mass is 79.9. The molecule has 92 valence electrons. The van der Waals surface area contributed by atoms with Crippen molar-refractivity contribution >= 4 is 21.7 Å². The lowest BCUT2D eigenvalue weighted by atomic mass is 9.93. The van der Waals surface area contributed by atoms with Crippen LogP contribution < -0.4 is 0 Å². The molecule has 1 atom stereocenters. The van der Waals surface area contributed by atoms with E-state index in [0.29, 0.717) is 0 Å². The number of halogens is 1. The monoisotopic (exact) mass is 303 g/mol. The zero-order valence-corrected chi connectivity index (χ0v) is 11.9. The first-order chi connectivity index (χ1) is 8.59. The van der Waals surface area contributed by atoms with E-state index in [-0.39, 0.29) is 11.7 Å². The molecule has 1 aromatic carbocycles. The number of aromatic nitrogens is 1. The van der Waals surface area contributed by atoms with Crippen LogP contribution >= 0.6 is 15.9 Å². The largest absolute Gasteiger partial charge is 0.293 e. The van der Waals surface area contributed by atoms with Gasteiger partial charge in [0.2, 0.25) is 0 Å². The molecule has 18 heavy (non-hydrogen) atoms. The molecule has 0 saturated heterocycles. The number of nitrogens with zero attached hydrogens (tertiary/aromatic N) is 1. The summed E-state index contributed by atoms with van der Waals surface area (Å²) < 4.78 is 0.921. The molecule has 0 bridgehead atoms. The summed E-state index contributed by atoms with van der Waals surface area (Å²) in [6.45, 7) is 3.84. The Kier molecular flexibility index (Phi) is 3.92. The number of hydrogen-bond donors (Lipinski definition) is 0. The lowest BCUT2D eigenvalue weighted by Gasteiger charge is -2.12. The van der Waals surface area contributed by atoms with Gasteiger partial charge in [-0.15, -0.1) is 0 Å². The Morgan fingerprint density at radius 2 is 2.06 bits per heavy atom. The van der Waals surface area contributed by atoms with Crippen molar-refractivity contribution in [1.29, 1.82) is 0 Å². The van der Waals surface area contributed by atoms with Crippen molar-refractivity contribution in [3.63, 3.8) is 0 Å². The summed E-state index contributed by atoms with van der Waals surface area (Å²) in [6.07, 6.45) is 1.72. The van der Waals surface area contributed by atoms with Gasteiger partial charge in [-0.05, 0) is 43.7 Å². The number of hydrogen-bond acceptors (Lipinski definition) is 2. The van der Waals surface area contributed by atoms with Crippen molar-refractivity contribution in [2.75, 3.05) is 0 Å². The van der Waals surface area contributed by atoms with Crippen LogP contribution in [-0.2, 0) is 0 Å². The van der Waals surface area contributed by atoms with Crippen LogP contribution in [0, 0.1) is 6.92 Å². The molecule has 1 unspecified atom stereocenters. The van der Waals surface area contributed by atoms with Gasteiger partial charge in [0.1, 0.15) is 0 Å². The lowest BCUT2D eigenvalue weighted by molar-refractivity contribution is 0.0964. The van der Waals surface area contributed by atoms with Crippen molar-refractivity contribution in [2.24, 2.45) is 0 Å². The Morgan fingerprint density at radius 1 is 1.28 bits per heavy atom. The summed E-state index contributed by atoms with van der Waals surface area (Å²) >= 11 is 3.40. The van der Waals surface area contributed by atoms with Crippen molar-refractivity contribution in [2.45, 2.75) is 19.8 Å². The highest BCUT2D eigenvalue weighted by Gasteiger charge is 2.19. The standard InChI is InChI=1S/C15H14BrNO/c1-10-6-7-12(16)9-13(10)15(18)11(2)14-5-3-4-8-17-14/h3-9,11H,1-2H3. The van der Waals surface area contributed by atoms with Gasteiger partial charge < -0.3 is 0 Å². The molecule has 0 fully saturated rings. The van der Waals surface area contributed by atoms with Gasteiger partial charge in [0.05, 0.1) is 11.6 Å². The maximum absolute atomic E-state index is 12.5. The van der Waals surface area contributed by atoms with E-state index in [9.17, 15) is 4.79 Å². The average molecular weight is 304 g/mol. The number of carbonyl (C=O) groups excluding carboxylic acids is 1. The minimum atomic E-state index is -0.223. The fraction of sp³-hybridized carbons (Fsp3) is 0.200. The number of rotatable bonds is 3. The Labute approximate surface area is 115 Å². The molecular weight excluding hydrogens is 290 g/mol. The van der Waals surface area contributed by atoms with Gasteiger partial charge in [0, 0.05) is 16.2 Å². The molecule has 0 aliphatic heterocycles. The Balaban J connectivity index is 2.34. The van der Waals surface area contributed by atoms with Gasteiger partial charge in [-0.2, -0.15) is 0 Å².